The van der Waals surface area contributed by atoms with Crippen LogP contribution >= 0.6 is 0 Å². The van der Waals surface area contributed by atoms with Crippen LogP contribution in [0.5, 0.6) is 0 Å². The first-order valence-electron chi connectivity index (χ1n) is 6.45. The summed E-state index contributed by atoms with van der Waals surface area (Å²) in [5, 5.41) is 3.18. The maximum Gasteiger partial charge on any atom is 0.236 e. The molecule has 104 valence electrons. The third-order valence-corrected chi connectivity index (χ3v) is 3.59. The van der Waals surface area contributed by atoms with Crippen LogP contribution in [0.15, 0.2) is 0 Å². The molecule has 0 aliphatic carbocycles. The fraction of sp³-hybridized carbons (Fsp3) is 0.917. The second-order valence-corrected chi connectivity index (χ2v) is 4.79. The van der Waals surface area contributed by atoms with E-state index in [1.165, 1.54) is 0 Å². The number of ether oxygens (including phenoxy) is 3. The highest BCUT2D eigenvalue weighted by Gasteiger charge is 2.34. The van der Waals surface area contributed by atoms with Crippen molar-refractivity contribution in [3.8, 4) is 0 Å². The molecule has 18 heavy (non-hydrogen) atoms. The Morgan fingerprint density at radius 1 is 1.33 bits per heavy atom. The van der Waals surface area contributed by atoms with Gasteiger partial charge in [-0.15, -0.1) is 0 Å². The monoisotopic (exact) mass is 258 g/mol. The summed E-state index contributed by atoms with van der Waals surface area (Å²) in [5.74, 6) is 0.128. The van der Waals surface area contributed by atoms with Crippen molar-refractivity contribution in [3.05, 3.63) is 0 Å². The van der Waals surface area contributed by atoms with Crippen molar-refractivity contribution < 1.29 is 19.0 Å². The minimum atomic E-state index is -0.259. The first-order valence-corrected chi connectivity index (χ1v) is 6.45. The Labute approximate surface area is 108 Å². The molecule has 2 aliphatic rings. The van der Waals surface area contributed by atoms with Gasteiger partial charge in [0, 0.05) is 39.8 Å². The number of hydrogen-bond donors (Lipinski definition) is 1. The van der Waals surface area contributed by atoms with Crippen LogP contribution < -0.4 is 5.32 Å². The van der Waals surface area contributed by atoms with E-state index in [1.807, 2.05) is 4.90 Å². The molecule has 1 unspecified atom stereocenters. The van der Waals surface area contributed by atoms with Crippen molar-refractivity contribution in [1.82, 2.24) is 10.2 Å². The molecule has 6 heteroatoms. The third-order valence-electron chi connectivity index (χ3n) is 3.59. The van der Waals surface area contributed by atoms with Gasteiger partial charge in [0.1, 0.15) is 5.60 Å². The predicted molar refractivity (Wildman–Crippen MR) is 65.4 cm³/mol. The van der Waals surface area contributed by atoms with Crippen LogP contribution in [0.4, 0.5) is 0 Å². The molecule has 2 heterocycles. The van der Waals surface area contributed by atoms with Crippen LogP contribution in [-0.2, 0) is 19.0 Å². The first-order chi connectivity index (χ1) is 8.76. The number of carbonyl (C=O) groups is 1. The molecule has 2 saturated heterocycles. The van der Waals surface area contributed by atoms with Gasteiger partial charge in [0.25, 0.3) is 0 Å². The molecule has 2 aliphatic heterocycles. The van der Waals surface area contributed by atoms with Gasteiger partial charge in [-0.25, -0.2) is 0 Å². The Balaban J connectivity index is 1.69. The Hall–Kier alpha value is -0.690. The zero-order valence-electron chi connectivity index (χ0n) is 10.9. The van der Waals surface area contributed by atoms with E-state index in [4.69, 9.17) is 14.2 Å². The molecule has 1 N–H and O–H groups in total. The van der Waals surface area contributed by atoms with E-state index < -0.39 is 0 Å². The molecule has 2 fully saturated rings. The van der Waals surface area contributed by atoms with Gasteiger partial charge < -0.3 is 24.4 Å². The third kappa shape index (κ3) is 3.41. The Bertz CT molecular complexity index is 273. The normalized spacial score (nSPS) is 28.6. The van der Waals surface area contributed by atoms with Crippen molar-refractivity contribution in [2.24, 2.45) is 0 Å². The second-order valence-electron chi connectivity index (χ2n) is 4.79. The number of rotatable bonds is 5. The number of morpholine rings is 1. The number of amides is 1. The summed E-state index contributed by atoms with van der Waals surface area (Å²) >= 11 is 0. The number of nitrogens with zero attached hydrogens (tertiary/aromatic N) is 1. The summed E-state index contributed by atoms with van der Waals surface area (Å²) < 4.78 is 16.1. The van der Waals surface area contributed by atoms with Gasteiger partial charge in [-0.3, -0.25) is 4.79 Å². The smallest absolute Gasteiger partial charge is 0.236 e. The molecule has 1 atom stereocenters. The Morgan fingerprint density at radius 3 is 2.72 bits per heavy atom. The molecule has 1 amide bonds. The highest BCUT2D eigenvalue weighted by atomic mass is 16.5. The van der Waals surface area contributed by atoms with Crippen molar-refractivity contribution >= 4 is 5.91 Å². The summed E-state index contributed by atoms with van der Waals surface area (Å²) in [7, 11) is 1.69. The number of carbonyl (C=O) groups excluding carboxylic acids is 1. The summed E-state index contributed by atoms with van der Waals surface area (Å²) in [5.41, 5.74) is -0.259. The van der Waals surface area contributed by atoms with Crippen LogP contribution in [0.3, 0.4) is 0 Å². The molecular formula is C12H22N2O4. The molecule has 0 bridgehead atoms. The van der Waals surface area contributed by atoms with E-state index in [-0.39, 0.29) is 11.5 Å². The average molecular weight is 258 g/mol. The van der Waals surface area contributed by atoms with Gasteiger partial charge in [-0.05, 0) is 0 Å². The number of nitrogens with one attached hydrogen (secondary N) is 1. The SMILES string of the molecule is COC1(CNCC(=O)N2CCOCC2)CCOC1. The maximum absolute atomic E-state index is 11.9. The molecule has 0 radical (unpaired) electrons. The van der Waals surface area contributed by atoms with Crippen molar-refractivity contribution in [1.29, 1.82) is 0 Å². The molecular weight excluding hydrogens is 236 g/mol. The van der Waals surface area contributed by atoms with E-state index in [2.05, 4.69) is 5.32 Å². The lowest BCUT2D eigenvalue weighted by Crippen LogP contribution is -2.48. The highest BCUT2D eigenvalue weighted by Crippen LogP contribution is 2.21. The van der Waals surface area contributed by atoms with Crippen molar-refractivity contribution in [3.63, 3.8) is 0 Å². The van der Waals surface area contributed by atoms with E-state index in [1.54, 1.807) is 7.11 Å². The number of hydrogen-bond acceptors (Lipinski definition) is 5. The molecule has 2 rings (SSSR count). The molecule has 0 aromatic heterocycles. The predicted octanol–water partition coefficient (Wildman–Crippen LogP) is -0.760. The van der Waals surface area contributed by atoms with Gasteiger partial charge in [0.05, 0.1) is 26.4 Å². The largest absolute Gasteiger partial charge is 0.378 e. The fourth-order valence-electron chi connectivity index (χ4n) is 2.28. The summed E-state index contributed by atoms with van der Waals surface area (Å²) in [6, 6.07) is 0. The zero-order chi connectivity index (χ0) is 12.8. The van der Waals surface area contributed by atoms with E-state index in [9.17, 15) is 4.79 Å². The van der Waals surface area contributed by atoms with Crippen LogP contribution in [0.25, 0.3) is 0 Å². The van der Waals surface area contributed by atoms with E-state index in [0.717, 1.165) is 13.0 Å². The van der Waals surface area contributed by atoms with Gasteiger partial charge in [0.15, 0.2) is 0 Å². The topological polar surface area (TPSA) is 60.0 Å². The van der Waals surface area contributed by atoms with Gasteiger partial charge in [0.2, 0.25) is 5.91 Å². The molecule has 0 aromatic rings. The summed E-state index contributed by atoms with van der Waals surface area (Å²) in [6.45, 7) is 5.00. The fourth-order valence-corrected chi connectivity index (χ4v) is 2.28. The minimum absolute atomic E-state index is 0.128. The Morgan fingerprint density at radius 2 is 2.11 bits per heavy atom. The van der Waals surface area contributed by atoms with Gasteiger partial charge in [-0.1, -0.05) is 0 Å². The maximum atomic E-state index is 11.9. The van der Waals surface area contributed by atoms with Gasteiger partial charge in [-0.2, -0.15) is 0 Å². The van der Waals surface area contributed by atoms with Crippen LogP contribution in [0.2, 0.25) is 0 Å². The number of methoxy groups -OCH3 is 1. The lowest BCUT2D eigenvalue weighted by Gasteiger charge is -2.29. The van der Waals surface area contributed by atoms with Crippen molar-refractivity contribution in [2.75, 3.05) is 59.7 Å². The lowest BCUT2D eigenvalue weighted by atomic mass is 10.0. The van der Waals surface area contributed by atoms with Crippen LogP contribution in [0.1, 0.15) is 6.42 Å². The second kappa shape index (κ2) is 6.47. The molecule has 0 aromatic carbocycles. The van der Waals surface area contributed by atoms with Gasteiger partial charge >= 0.3 is 0 Å². The molecule has 0 saturated carbocycles. The zero-order valence-corrected chi connectivity index (χ0v) is 10.9. The van der Waals surface area contributed by atoms with Crippen molar-refractivity contribution in [2.45, 2.75) is 12.0 Å². The van der Waals surface area contributed by atoms with E-state index >= 15 is 0 Å². The summed E-state index contributed by atoms with van der Waals surface area (Å²) in [6.07, 6.45) is 0.877. The minimum Gasteiger partial charge on any atom is -0.378 e. The highest BCUT2D eigenvalue weighted by molar-refractivity contribution is 5.78. The van der Waals surface area contributed by atoms with Crippen LogP contribution in [-0.4, -0.2) is 76.1 Å². The lowest BCUT2D eigenvalue weighted by molar-refractivity contribution is -0.134. The first kappa shape index (κ1) is 13.7. The average Bonchev–Trinajstić information content (AvgIpc) is 2.89. The van der Waals surface area contributed by atoms with E-state index in [0.29, 0.717) is 46.0 Å². The summed E-state index contributed by atoms with van der Waals surface area (Å²) in [4.78, 5) is 13.7. The molecule has 6 nitrogen and oxygen atoms in total. The standard InChI is InChI=1S/C12H22N2O4/c1-16-12(2-5-18-10-12)9-13-8-11(15)14-3-6-17-7-4-14/h13H,2-10H2,1H3. The molecule has 0 spiro atoms. The quantitative estimate of drug-likeness (QED) is 0.702. The van der Waals surface area contributed by atoms with Crippen LogP contribution in [0, 0.1) is 0 Å². The Kier molecular flexibility index (Phi) is 4.94.